The van der Waals surface area contributed by atoms with Gasteiger partial charge in [0.15, 0.2) is 0 Å². The molecule has 6 heteroatoms. The van der Waals surface area contributed by atoms with Gasteiger partial charge in [0.1, 0.15) is 11.5 Å². The molecule has 1 aliphatic rings. The third-order valence-corrected chi connectivity index (χ3v) is 4.74. The van der Waals surface area contributed by atoms with Gasteiger partial charge in [-0.2, -0.15) is 5.10 Å². The number of aryl methyl sites for hydroxylation is 1. The van der Waals surface area contributed by atoms with E-state index in [0.717, 1.165) is 39.7 Å². The predicted molar refractivity (Wildman–Crippen MR) is 106 cm³/mol. The van der Waals surface area contributed by atoms with Crippen LogP contribution in [-0.2, 0) is 7.05 Å². The minimum absolute atomic E-state index is 0.0161. The van der Waals surface area contributed by atoms with Crippen LogP contribution in [0.3, 0.4) is 0 Å². The number of rotatable bonds is 4. The van der Waals surface area contributed by atoms with E-state index in [-0.39, 0.29) is 6.04 Å². The molecule has 0 radical (unpaired) electrons. The van der Waals surface area contributed by atoms with Crippen molar-refractivity contribution in [2.75, 3.05) is 19.5 Å². The van der Waals surface area contributed by atoms with E-state index in [1.54, 1.807) is 18.9 Å². The molecular formula is C21H22N4O2. The Labute approximate surface area is 158 Å². The van der Waals surface area contributed by atoms with Gasteiger partial charge in [-0.15, -0.1) is 0 Å². The maximum Gasteiger partial charge on any atom is 0.124 e. The second kappa shape index (κ2) is 7.15. The molecule has 1 atom stereocenters. The van der Waals surface area contributed by atoms with Crippen LogP contribution in [0.15, 0.2) is 59.9 Å². The third-order valence-electron chi connectivity index (χ3n) is 4.74. The molecule has 0 amide bonds. The zero-order chi connectivity index (χ0) is 18.8. The van der Waals surface area contributed by atoms with Crippen LogP contribution in [-0.4, -0.2) is 29.7 Å². The van der Waals surface area contributed by atoms with Crippen molar-refractivity contribution < 1.29 is 9.47 Å². The summed E-state index contributed by atoms with van der Waals surface area (Å²) in [5.41, 5.74) is 4.94. The van der Waals surface area contributed by atoms with Crippen LogP contribution >= 0.6 is 0 Å². The number of nitrogens with zero attached hydrogens (tertiary/aromatic N) is 3. The summed E-state index contributed by atoms with van der Waals surface area (Å²) >= 11 is 0. The highest BCUT2D eigenvalue weighted by Crippen LogP contribution is 2.39. The molecular weight excluding hydrogens is 340 g/mol. The van der Waals surface area contributed by atoms with Gasteiger partial charge in [-0.05, 0) is 30.3 Å². The average Bonchev–Trinajstić information content (AvgIpc) is 3.03. The predicted octanol–water partition coefficient (Wildman–Crippen LogP) is 4.12. The molecule has 3 aromatic rings. The van der Waals surface area contributed by atoms with Gasteiger partial charge in [0, 0.05) is 30.8 Å². The minimum Gasteiger partial charge on any atom is -0.497 e. The van der Waals surface area contributed by atoms with Crippen molar-refractivity contribution >= 4 is 17.1 Å². The molecule has 6 nitrogen and oxygen atoms in total. The molecule has 1 N–H and O–H groups in total. The van der Waals surface area contributed by atoms with Crippen molar-refractivity contribution in [3.05, 3.63) is 66.0 Å². The first-order valence-electron chi connectivity index (χ1n) is 8.82. The van der Waals surface area contributed by atoms with E-state index in [4.69, 9.17) is 14.5 Å². The molecule has 4 rings (SSSR count). The highest BCUT2D eigenvalue weighted by atomic mass is 16.5. The van der Waals surface area contributed by atoms with Crippen molar-refractivity contribution in [3.8, 4) is 11.5 Å². The molecule has 1 unspecified atom stereocenters. The molecule has 0 saturated carbocycles. The zero-order valence-corrected chi connectivity index (χ0v) is 15.6. The Kier molecular flexibility index (Phi) is 4.54. The van der Waals surface area contributed by atoms with Crippen LogP contribution in [0, 0.1) is 0 Å². The number of aliphatic imine (C=N–C) groups is 1. The number of benzene rings is 2. The van der Waals surface area contributed by atoms with Crippen LogP contribution in [0.25, 0.3) is 0 Å². The summed E-state index contributed by atoms with van der Waals surface area (Å²) in [5.74, 6) is 1.61. The first kappa shape index (κ1) is 17.1. The number of para-hydroxylation sites is 2. The standard InChI is InChI=1S/C21H22N4O2/c1-25-13-14(12-22-25)19-11-20(24-18-7-5-4-6-17(18)23-19)16-10-15(26-2)8-9-21(16)27-3/h4-10,12-13,20,24H,11H2,1-3H3. The van der Waals surface area contributed by atoms with E-state index in [2.05, 4.69) is 10.4 Å². The summed E-state index contributed by atoms with van der Waals surface area (Å²) in [6.07, 6.45) is 4.54. The topological polar surface area (TPSA) is 60.7 Å². The fourth-order valence-electron chi connectivity index (χ4n) is 3.37. The minimum atomic E-state index is -0.0161. The van der Waals surface area contributed by atoms with Crippen LogP contribution in [0.4, 0.5) is 11.4 Å². The summed E-state index contributed by atoms with van der Waals surface area (Å²) in [6.45, 7) is 0. The summed E-state index contributed by atoms with van der Waals surface area (Å²) in [4.78, 5) is 4.93. The fraction of sp³-hybridized carbons (Fsp3) is 0.238. The molecule has 1 aromatic heterocycles. The largest absolute Gasteiger partial charge is 0.497 e. The highest BCUT2D eigenvalue weighted by molar-refractivity contribution is 6.03. The Bertz CT molecular complexity index is 993. The van der Waals surface area contributed by atoms with E-state index in [0.29, 0.717) is 6.42 Å². The number of hydrogen-bond acceptors (Lipinski definition) is 5. The van der Waals surface area contributed by atoms with E-state index in [1.807, 2.05) is 61.9 Å². The van der Waals surface area contributed by atoms with Gasteiger partial charge in [-0.1, -0.05) is 12.1 Å². The second-order valence-electron chi connectivity index (χ2n) is 6.49. The van der Waals surface area contributed by atoms with E-state index in [1.165, 1.54) is 0 Å². The van der Waals surface area contributed by atoms with Gasteiger partial charge in [0.25, 0.3) is 0 Å². The SMILES string of the molecule is COc1ccc(OC)c(C2CC(c3cnn(C)c3)=Nc3ccccc3N2)c1. The molecule has 138 valence electrons. The Morgan fingerprint density at radius 3 is 2.70 bits per heavy atom. The highest BCUT2D eigenvalue weighted by Gasteiger charge is 2.24. The molecule has 27 heavy (non-hydrogen) atoms. The molecule has 0 saturated heterocycles. The number of aromatic nitrogens is 2. The number of nitrogens with one attached hydrogen (secondary N) is 1. The first-order valence-corrected chi connectivity index (χ1v) is 8.82. The van der Waals surface area contributed by atoms with Gasteiger partial charge in [0.05, 0.1) is 43.5 Å². The number of anilines is 1. The van der Waals surface area contributed by atoms with E-state index >= 15 is 0 Å². The Morgan fingerprint density at radius 1 is 1.11 bits per heavy atom. The molecule has 0 bridgehead atoms. The normalized spacial score (nSPS) is 16.0. The van der Waals surface area contributed by atoms with Crippen LogP contribution in [0.2, 0.25) is 0 Å². The van der Waals surface area contributed by atoms with Gasteiger partial charge in [-0.25, -0.2) is 0 Å². The smallest absolute Gasteiger partial charge is 0.124 e. The summed E-state index contributed by atoms with van der Waals surface area (Å²) in [5, 5.41) is 7.94. The van der Waals surface area contributed by atoms with Gasteiger partial charge in [0.2, 0.25) is 0 Å². The molecule has 0 spiro atoms. The van der Waals surface area contributed by atoms with Crippen LogP contribution in [0.5, 0.6) is 11.5 Å². The third kappa shape index (κ3) is 3.38. The number of hydrogen-bond donors (Lipinski definition) is 1. The summed E-state index contributed by atoms with van der Waals surface area (Å²) in [6, 6.07) is 13.9. The Morgan fingerprint density at radius 2 is 1.96 bits per heavy atom. The molecule has 2 heterocycles. The lowest BCUT2D eigenvalue weighted by Crippen LogP contribution is -2.15. The average molecular weight is 362 g/mol. The lowest BCUT2D eigenvalue weighted by Gasteiger charge is -2.22. The Hall–Kier alpha value is -3.28. The van der Waals surface area contributed by atoms with Gasteiger partial charge < -0.3 is 14.8 Å². The second-order valence-corrected chi connectivity index (χ2v) is 6.49. The Balaban J connectivity index is 1.82. The van der Waals surface area contributed by atoms with Crippen LogP contribution in [0.1, 0.15) is 23.6 Å². The molecule has 0 aliphatic carbocycles. The van der Waals surface area contributed by atoms with Crippen molar-refractivity contribution in [1.29, 1.82) is 0 Å². The maximum atomic E-state index is 5.62. The van der Waals surface area contributed by atoms with Crippen molar-refractivity contribution in [2.45, 2.75) is 12.5 Å². The lowest BCUT2D eigenvalue weighted by molar-refractivity contribution is 0.396. The zero-order valence-electron chi connectivity index (χ0n) is 15.6. The number of methoxy groups -OCH3 is 2. The summed E-state index contributed by atoms with van der Waals surface area (Å²) < 4.78 is 12.8. The molecule has 2 aromatic carbocycles. The van der Waals surface area contributed by atoms with Gasteiger partial charge in [-0.3, -0.25) is 9.67 Å². The van der Waals surface area contributed by atoms with Crippen molar-refractivity contribution in [1.82, 2.24) is 9.78 Å². The summed E-state index contributed by atoms with van der Waals surface area (Å²) in [7, 11) is 5.27. The quantitative estimate of drug-likeness (QED) is 0.759. The maximum absolute atomic E-state index is 5.62. The van der Waals surface area contributed by atoms with Crippen molar-refractivity contribution in [2.24, 2.45) is 12.0 Å². The lowest BCUT2D eigenvalue weighted by atomic mass is 9.97. The van der Waals surface area contributed by atoms with Crippen molar-refractivity contribution in [3.63, 3.8) is 0 Å². The number of ether oxygens (including phenoxy) is 2. The van der Waals surface area contributed by atoms with E-state index in [9.17, 15) is 0 Å². The first-order chi connectivity index (χ1) is 13.2. The van der Waals surface area contributed by atoms with Crippen LogP contribution < -0.4 is 14.8 Å². The molecule has 0 fully saturated rings. The number of fused-ring (bicyclic) bond motifs is 1. The van der Waals surface area contributed by atoms with Gasteiger partial charge >= 0.3 is 0 Å². The van der Waals surface area contributed by atoms with E-state index < -0.39 is 0 Å². The fourth-order valence-corrected chi connectivity index (χ4v) is 3.37. The molecule has 1 aliphatic heterocycles. The monoisotopic (exact) mass is 362 g/mol.